The molecule has 0 rings (SSSR count). The molecule has 1 nitrogen and oxygen atoms in total. The predicted molar refractivity (Wildman–Crippen MR) is 42.8 cm³/mol. The molecule has 2 heteroatoms. The van der Waals surface area contributed by atoms with E-state index >= 15 is 0 Å². The SMILES string of the molecule is CCCOC(CC)C[S]. The quantitative estimate of drug-likeness (QED) is 0.580. The zero-order chi connectivity index (χ0) is 7.11. The number of ether oxygens (including phenoxy) is 1. The summed E-state index contributed by atoms with van der Waals surface area (Å²) in [4.78, 5) is 0. The summed E-state index contributed by atoms with van der Waals surface area (Å²) in [5, 5.41) is 0. The van der Waals surface area contributed by atoms with Crippen LogP contribution in [-0.2, 0) is 4.74 Å². The standard InChI is InChI=1S/C7H15OS/c1-3-5-8-7(4-2)6-9/h7H,3-6H2,1-2H3. The Balaban J connectivity index is 3.09. The van der Waals surface area contributed by atoms with E-state index in [2.05, 4.69) is 13.8 Å². The number of hydrogen-bond acceptors (Lipinski definition) is 1. The van der Waals surface area contributed by atoms with Crippen LogP contribution in [-0.4, -0.2) is 18.5 Å². The van der Waals surface area contributed by atoms with Gasteiger partial charge in [-0.2, -0.15) is 0 Å². The Bertz CT molecular complexity index is 52.9. The lowest BCUT2D eigenvalue weighted by atomic mass is 10.3. The molecule has 1 radical (unpaired) electrons. The summed E-state index contributed by atoms with van der Waals surface area (Å²) in [6.45, 7) is 5.07. The summed E-state index contributed by atoms with van der Waals surface area (Å²) in [7, 11) is 0. The molecule has 0 aliphatic carbocycles. The van der Waals surface area contributed by atoms with Gasteiger partial charge in [0, 0.05) is 12.4 Å². The van der Waals surface area contributed by atoms with Gasteiger partial charge in [0.15, 0.2) is 0 Å². The second-order valence-electron chi connectivity index (χ2n) is 2.07. The first-order chi connectivity index (χ1) is 4.35. The molecular weight excluding hydrogens is 132 g/mol. The zero-order valence-electron chi connectivity index (χ0n) is 6.22. The maximum absolute atomic E-state index is 5.39. The fourth-order valence-corrected chi connectivity index (χ4v) is 0.900. The van der Waals surface area contributed by atoms with E-state index in [0.717, 1.165) is 25.2 Å². The lowest BCUT2D eigenvalue weighted by Crippen LogP contribution is -2.13. The first-order valence-corrected chi connectivity index (χ1v) is 4.12. The fourth-order valence-electron chi connectivity index (χ4n) is 0.568. The fraction of sp³-hybridized carbons (Fsp3) is 1.00. The highest BCUT2D eigenvalue weighted by atomic mass is 32.1. The van der Waals surface area contributed by atoms with Crippen molar-refractivity contribution in [3.63, 3.8) is 0 Å². The van der Waals surface area contributed by atoms with Gasteiger partial charge in [0.1, 0.15) is 0 Å². The average Bonchev–Trinajstić information content (AvgIpc) is 1.91. The van der Waals surface area contributed by atoms with Crippen molar-refractivity contribution in [1.29, 1.82) is 0 Å². The van der Waals surface area contributed by atoms with E-state index < -0.39 is 0 Å². The van der Waals surface area contributed by atoms with Crippen molar-refractivity contribution in [3.8, 4) is 0 Å². The molecule has 9 heavy (non-hydrogen) atoms. The van der Waals surface area contributed by atoms with Crippen LogP contribution in [0.15, 0.2) is 0 Å². The van der Waals surface area contributed by atoms with Gasteiger partial charge in [-0.25, -0.2) is 0 Å². The zero-order valence-corrected chi connectivity index (χ0v) is 7.04. The monoisotopic (exact) mass is 147 g/mol. The Morgan fingerprint density at radius 2 is 2.11 bits per heavy atom. The smallest absolute Gasteiger partial charge is 0.0671 e. The van der Waals surface area contributed by atoms with E-state index in [4.69, 9.17) is 17.4 Å². The highest BCUT2D eigenvalue weighted by Crippen LogP contribution is 1.99. The molecule has 0 amide bonds. The Kier molecular flexibility index (Phi) is 6.65. The van der Waals surface area contributed by atoms with Crippen molar-refractivity contribution in [2.75, 3.05) is 12.4 Å². The molecule has 0 saturated heterocycles. The summed E-state index contributed by atoms with van der Waals surface area (Å²) in [5.74, 6) is 0.733. The number of hydrogen-bond donors (Lipinski definition) is 0. The van der Waals surface area contributed by atoms with Crippen LogP contribution in [0.25, 0.3) is 0 Å². The van der Waals surface area contributed by atoms with Gasteiger partial charge in [-0.15, -0.1) is 0 Å². The third-order valence-corrected chi connectivity index (χ3v) is 1.57. The van der Waals surface area contributed by atoms with Crippen LogP contribution in [0.5, 0.6) is 0 Å². The second kappa shape index (κ2) is 6.43. The minimum absolute atomic E-state index is 0.319. The van der Waals surface area contributed by atoms with Crippen LogP contribution in [0, 0.1) is 0 Å². The van der Waals surface area contributed by atoms with Crippen molar-refractivity contribution < 1.29 is 4.74 Å². The van der Waals surface area contributed by atoms with Gasteiger partial charge in [-0.05, 0) is 12.8 Å². The van der Waals surface area contributed by atoms with Gasteiger partial charge in [-0.3, -0.25) is 0 Å². The Labute approximate surface area is 63.2 Å². The third-order valence-electron chi connectivity index (χ3n) is 1.20. The summed E-state index contributed by atoms with van der Waals surface area (Å²) in [5.41, 5.74) is 0. The molecular formula is C7H15OS. The molecule has 0 aliphatic heterocycles. The average molecular weight is 147 g/mol. The largest absolute Gasteiger partial charge is 0.377 e. The number of rotatable bonds is 5. The molecule has 0 heterocycles. The molecule has 0 spiro atoms. The minimum atomic E-state index is 0.319. The van der Waals surface area contributed by atoms with E-state index in [9.17, 15) is 0 Å². The van der Waals surface area contributed by atoms with Gasteiger partial charge < -0.3 is 4.74 Å². The van der Waals surface area contributed by atoms with Crippen LogP contribution < -0.4 is 0 Å². The van der Waals surface area contributed by atoms with Gasteiger partial charge in [0.2, 0.25) is 0 Å². The second-order valence-corrected chi connectivity index (χ2v) is 2.40. The molecule has 0 saturated carbocycles. The summed E-state index contributed by atoms with van der Waals surface area (Å²) in [6, 6.07) is 0. The van der Waals surface area contributed by atoms with Crippen molar-refractivity contribution in [2.24, 2.45) is 0 Å². The van der Waals surface area contributed by atoms with Crippen molar-refractivity contribution in [3.05, 3.63) is 0 Å². The summed E-state index contributed by atoms with van der Waals surface area (Å²) in [6.07, 6.45) is 2.45. The molecule has 0 bridgehead atoms. The molecule has 55 valence electrons. The lowest BCUT2D eigenvalue weighted by molar-refractivity contribution is 0.0676. The van der Waals surface area contributed by atoms with Gasteiger partial charge in [0.05, 0.1) is 6.10 Å². The van der Waals surface area contributed by atoms with E-state index in [-0.39, 0.29) is 0 Å². The first kappa shape index (κ1) is 9.31. The van der Waals surface area contributed by atoms with Gasteiger partial charge >= 0.3 is 0 Å². The molecule has 0 aliphatic rings. The van der Waals surface area contributed by atoms with Crippen molar-refractivity contribution in [2.45, 2.75) is 32.8 Å². The normalized spacial score (nSPS) is 13.7. The molecule has 1 unspecified atom stereocenters. The van der Waals surface area contributed by atoms with Crippen LogP contribution in [0.2, 0.25) is 0 Å². The van der Waals surface area contributed by atoms with Crippen molar-refractivity contribution >= 4 is 12.6 Å². The van der Waals surface area contributed by atoms with Crippen LogP contribution in [0.3, 0.4) is 0 Å². The summed E-state index contributed by atoms with van der Waals surface area (Å²) >= 11 is 4.86. The van der Waals surface area contributed by atoms with E-state index in [0.29, 0.717) is 6.10 Å². The topological polar surface area (TPSA) is 9.23 Å². The third kappa shape index (κ3) is 4.79. The Hall–Kier alpha value is 0.310. The van der Waals surface area contributed by atoms with E-state index in [1.165, 1.54) is 0 Å². The van der Waals surface area contributed by atoms with E-state index in [1.807, 2.05) is 0 Å². The minimum Gasteiger partial charge on any atom is -0.377 e. The van der Waals surface area contributed by atoms with Crippen LogP contribution >= 0.6 is 12.6 Å². The predicted octanol–water partition coefficient (Wildman–Crippen LogP) is 2.39. The first-order valence-electron chi connectivity index (χ1n) is 3.54. The maximum Gasteiger partial charge on any atom is 0.0671 e. The molecule has 1 atom stereocenters. The molecule has 0 aromatic rings. The highest BCUT2D eigenvalue weighted by molar-refractivity contribution is 7.80. The maximum atomic E-state index is 5.39. The molecule has 0 aromatic heterocycles. The molecule has 0 fully saturated rings. The van der Waals surface area contributed by atoms with Gasteiger partial charge in [0.25, 0.3) is 0 Å². The lowest BCUT2D eigenvalue weighted by Gasteiger charge is -2.10. The van der Waals surface area contributed by atoms with E-state index in [1.54, 1.807) is 0 Å². The molecule has 0 N–H and O–H groups in total. The van der Waals surface area contributed by atoms with Crippen LogP contribution in [0.4, 0.5) is 0 Å². The molecule has 0 aromatic carbocycles. The van der Waals surface area contributed by atoms with Gasteiger partial charge in [-0.1, -0.05) is 26.5 Å². The summed E-state index contributed by atoms with van der Waals surface area (Å²) < 4.78 is 5.39. The Morgan fingerprint density at radius 3 is 2.44 bits per heavy atom. The van der Waals surface area contributed by atoms with Crippen LogP contribution in [0.1, 0.15) is 26.7 Å². The highest BCUT2D eigenvalue weighted by Gasteiger charge is 2.01. The Morgan fingerprint density at radius 1 is 1.44 bits per heavy atom. The van der Waals surface area contributed by atoms with Crippen molar-refractivity contribution in [1.82, 2.24) is 0 Å².